The molecule has 158 valence electrons. The molecule has 1 aromatic carbocycles. The summed E-state index contributed by atoms with van der Waals surface area (Å²) in [6.45, 7) is 2.14. The Balaban J connectivity index is 1.29. The monoisotopic (exact) mass is 412 g/mol. The highest BCUT2D eigenvalue weighted by Gasteiger charge is 2.33. The first-order valence-corrected chi connectivity index (χ1v) is 9.88. The Morgan fingerprint density at radius 1 is 1.10 bits per heavy atom. The van der Waals surface area contributed by atoms with E-state index in [0.29, 0.717) is 44.2 Å². The molecule has 0 spiro atoms. The van der Waals surface area contributed by atoms with Crippen LogP contribution < -0.4 is 15.0 Å². The van der Waals surface area contributed by atoms with Gasteiger partial charge in [0, 0.05) is 50.9 Å². The fraction of sp³-hybridized carbons (Fsp3) is 0.381. The van der Waals surface area contributed by atoms with Crippen molar-refractivity contribution < 1.29 is 23.5 Å². The smallest absolute Gasteiger partial charge is 0.317 e. The topological polar surface area (TPSA) is 95.3 Å². The average molecular weight is 412 g/mol. The number of hydrogen-bond acceptors (Lipinski definition) is 5. The zero-order chi connectivity index (χ0) is 21.1. The van der Waals surface area contributed by atoms with Gasteiger partial charge in [-0.05, 0) is 24.3 Å². The molecule has 0 bridgehead atoms. The molecule has 0 aliphatic carbocycles. The van der Waals surface area contributed by atoms with Crippen molar-refractivity contribution >= 4 is 23.5 Å². The minimum Gasteiger partial charge on any atom is -0.497 e. The number of ether oxygens (including phenoxy) is 1. The summed E-state index contributed by atoms with van der Waals surface area (Å²) in [6, 6.07) is 10.1. The Bertz CT molecular complexity index is 921. The molecular weight excluding hydrogens is 388 g/mol. The summed E-state index contributed by atoms with van der Waals surface area (Å²) in [6.07, 6.45) is 1.72. The van der Waals surface area contributed by atoms with Crippen LogP contribution in [0.3, 0.4) is 0 Å². The summed E-state index contributed by atoms with van der Waals surface area (Å²) < 4.78 is 10.4. The van der Waals surface area contributed by atoms with E-state index >= 15 is 0 Å². The van der Waals surface area contributed by atoms with Crippen LogP contribution in [0.5, 0.6) is 5.75 Å². The van der Waals surface area contributed by atoms with Crippen LogP contribution in [-0.4, -0.2) is 73.5 Å². The van der Waals surface area contributed by atoms with Crippen molar-refractivity contribution in [2.45, 2.75) is 12.5 Å². The Morgan fingerprint density at radius 2 is 1.87 bits per heavy atom. The second-order valence-electron chi connectivity index (χ2n) is 7.31. The number of rotatable bonds is 4. The number of anilines is 1. The van der Waals surface area contributed by atoms with E-state index in [-0.39, 0.29) is 30.3 Å². The van der Waals surface area contributed by atoms with Crippen LogP contribution >= 0.6 is 0 Å². The summed E-state index contributed by atoms with van der Waals surface area (Å²) in [5.41, 5.74) is 0.751. The lowest BCUT2D eigenvalue weighted by Gasteiger charge is -2.34. The van der Waals surface area contributed by atoms with E-state index < -0.39 is 0 Å². The van der Waals surface area contributed by atoms with Crippen LogP contribution in [-0.2, 0) is 4.79 Å². The Kier molecular flexibility index (Phi) is 5.60. The average Bonchev–Trinajstić information content (AvgIpc) is 3.43. The van der Waals surface area contributed by atoms with Crippen molar-refractivity contribution in [1.29, 1.82) is 0 Å². The number of methoxy groups -OCH3 is 1. The molecule has 0 saturated carbocycles. The lowest BCUT2D eigenvalue weighted by molar-refractivity contribution is -0.117. The number of piperazine rings is 1. The maximum Gasteiger partial charge on any atom is 0.317 e. The summed E-state index contributed by atoms with van der Waals surface area (Å²) >= 11 is 0. The number of benzene rings is 1. The second-order valence-corrected chi connectivity index (χ2v) is 7.31. The number of furan rings is 1. The Labute approximate surface area is 174 Å². The first-order valence-electron chi connectivity index (χ1n) is 9.88. The van der Waals surface area contributed by atoms with Crippen molar-refractivity contribution in [3.63, 3.8) is 0 Å². The van der Waals surface area contributed by atoms with Crippen LogP contribution in [0.15, 0.2) is 47.1 Å². The molecule has 4 rings (SSSR count). The van der Waals surface area contributed by atoms with Gasteiger partial charge in [-0.1, -0.05) is 6.07 Å². The van der Waals surface area contributed by atoms with Crippen LogP contribution in [0.4, 0.5) is 10.5 Å². The van der Waals surface area contributed by atoms with Gasteiger partial charge in [0.1, 0.15) is 5.75 Å². The summed E-state index contributed by atoms with van der Waals surface area (Å²) in [7, 11) is 1.58. The summed E-state index contributed by atoms with van der Waals surface area (Å²) in [5.74, 6) is 0.766. The number of carbonyl (C=O) groups excluding carboxylic acids is 3. The summed E-state index contributed by atoms with van der Waals surface area (Å²) in [4.78, 5) is 42.4. The number of amides is 4. The normalized spacial score (nSPS) is 19.2. The number of nitrogens with one attached hydrogen (secondary N) is 1. The molecule has 2 fully saturated rings. The minimum atomic E-state index is -0.265. The van der Waals surface area contributed by atoms with Crippen molar-refractivity contribution in [2.24, 2.45) is 0 Å². The van der Waals surface area contributed by atoms with E-state index in [9.17, 15) is 14.4 Å². The van der Waals surface area contributed by atoms with Gasteiger partial charge in [0.2, 0.25) is 5.91 Å². The molecule has 9 nitrogen and oxygen atoms in total. The minimum absolute atomic E-state index is 0.0394. The molecule has 2 aliphatic heterocycles. The van der Waals surface area contributed by atoms with Gasteiger partial charge in [-0.15, -0.1) is 0 Å². The molecular formula is C21H24N4O5. The highest BCUT2D eigenvalue weighted by molar-refractivity contribution is 5.97. The van der Waals surface area contributed by atoms with Gasteiger partial charge >= 0.3 is 6.03 Å². The van der Waals surface area contributed by atoms with E-state index in [1.165, 1.54) is 6.26 Å². The van der Waals surface area contributed by atoms with E-state index in [2.05, 4.69) is 5.32 Å². The quantitative estimate of drug-likeness (QED) is 0.822. The van der Waals surface area contributed by atoms with Crippen molar-refractivity contribution in [3.8, 4) is 5.75 Å². The van der Waals surface area contributed by atoms with Crippen molar-refractivity contribution in [1.82, 2.24) is 15.1 Å². The molecule has 1 aromatic heterocycles. The fourth-order valence-electron chi connectivity index (χ4n) is 3.77. The molecule has 2 aliphatic rings. The van der Waals surface area contributed by atoms with Crippen LogP contribution in [0.1, 0.15) is 17.0 Å². The highest BCUT2D eigenvalue weighted by atomic mass is 16.5. The first kappa shape index (κ1) is 19.8. The molecule has 4 amide bonds. The zero-order valence-corrected chi connectivity index (χ0v) is 16.7. The molecule has 3 heterocycles. The third kappa shape index (κ3) is 4.10. The van der Waals surface area contributed by atoms with Crippen LogP contribution in [0.25, 0.3) is 0 Å². The lowest BCUT2D eigenvalue weighted by Crippen LogP contribution is -2.54. The van der Waals surface area contributed by atoms with E-state index in [1.54, 1.807) is 40.0 Å². The van der Waals surface area contributed by atoms with Crippen LogP contribution in [0, 0.1) is 0 Å². The molecule has 0 radical (unpaired) electrons. The zero-order valence-electron chi connectivity index (χ0n) is 16.7. The number of nitrogens with zero attached hydrogens (tertiary/aromatic N) is 3. The van der Waals surface area contributed by atoms with E-state index in [0.717, 1.165) is 5.69 Å². The largest absolute Gasteiger partial charge is 0.497 e. The predicted molar refractivity (Wildman–Crippen MR) is 108 cm³/mol. The standard InChI is InChI=1S/C21H24N4O5/c1-29-17-5-2-4-16(13-17)25-14-15(12-19(25)26)22-21(28)24-9-7-23(8-10-24)20(27)18-6-3-11-30-18/h2-6,11,13,15H,7-10,12,14H2,1H3,(H,22,28). The Morgan fingerprint density at radius 3 is 2.57 bits per heavy atom. The predicted octanol–water partition coefficient (Wildman–Crippen LogP) is 1.56. The highest BCUT2D eigenvalue weighted by Crippen LogP contribution is 2.25. The summed E-state index contributed by atoms with van der Waals surface area (Å²) in [5, 5.41) is 2.95. The molecule has 1 unspecified atom stereocenters. The maximum absolute atomic E-state index is 12.7. The molecule has 30 heavy (non-hydrogen) atoms. The second kappa shape index (κ2) is 8.48. The van der Waals surface area contributed by atoms with Gasteiger partial charge in [-0.2, -0.15) is 0 Å². The van der Waals surface area contributed by atoms with Gasteiger partial charge in [0.25, 0.3) is 5.91 Å². The van der Waals surface area contributed by atoms with Gasteiger partial charge in [0.05, 0.1) is 19.4 Å². The molecule has 1 atom stereocenters. The SMILES string of the molecule is COc1cccc(N2CC(NC(=O)N3CCN(C(=O)c4ccco4)CC3)CC2=O)c1. The van der Waals surface area contributed by atoms with E-state index in [1.807, 2.05) is 18.2 Å². The van der Waals surface area contributed by atoms with Gasteiger partial charge in [-0.3, -0.25) is 9.59 Å². The van der Waals surface area contributed by atoms with Gasteiger partial charge < -0.3 is 29.2 Å². The third-order valence-electron chi connectivity index (χ3n) is 5.40. The first-order chi connectivity index (χ1) is 14.5. The third-order valence-corrected chi connectivity index (χ3v) is 5.40. The molecule has 2 aromatic rings. The Hall–Kier alpha value is -3.49. The fourth-order valence-corrected chi connectivity index (χ4v) is 3.77. The number of hydrogen-bond donors (Lipinski definition) is 1. The van der Waals surface area contributed by atoms with E-state index in [4.69, 9.17) is 9.15 Å². The van der Waals surface area contributed by atoms with Crippen molar-refractivity contribution in [3.05, 3.63) is 48.4 Å². The molecule has 2 saturated heterocycles. The van der Waals surface area contributed by atoms with Crippen molar-refractivity contribution in [2.75, 3.05) is 44.7 Å². The van der Waals surface area contributed by atoms with Gasteiger partial charge in [0.15, 0.2) is 5.76 Å². The molecule has 1 N–H and O–H groups in total. The molecule has 9 heteroatoms. The number of carbonyl (C=O) groups is 3. The van der Waals surface area contributed by atoms with Gasteiger partial charge in [-0.25, -0.2) is 4.79 Å². The maximum atomic E-state index is 12.7. The number of urea groups is 1. The lowest BCUT2D eigenvalue weighted by atomic mass is 10.2. The van der Waals surface area contributed by atoms with Crippen LogP contribution in [0.2, 0.25) is 0 Å².